The highest BCUT2D eigenvalue weighted by molar-refractivity contribution is 7.86. The topological polar surface area (TPSA) is 63.6 Å². The highest BCUT2D eigenvalue weighted by Gasteiger charge is 2.24. The van der Waals surface area contributed by atoms with Gasteiger partial charge in [0.1, 0.15) is 5.75 Å². The minimum Gasteiger partial charge on any atom is -0.472 e. The zero-order valence-electron chi connectivity index (χ0n) is 16.0. The van der Waals surface area contributed by atoms with Gasteiger partial charge in [-0.3, -0.25) is 4.55 Å². The van der Waals surface area contributed by atoms with Crippen LogP contribution in [-0.2, 0) is 23.0 Å². The van der Waals surface area contributed by atoms with Crippen LogP contribution in [0.15, 0.2) is 18.2 Å². The maximum Gasteiger partial charge on any atom is 0.303 e. The molecule has 5 heteroatoms. The molecule has 1 aromatic carbocycles. The van der Waals surface area contributed by atoms with Crippen molar-refractivity contribution in [1.82, 2.24) is 0 Å². The molecule has 0 aliphatic carbocycles. The summed E-state index contributed by atoms with van der Waals surface area (Å²) in [7, 11) is -4.21. The van der Waals surface area contributed by atoms with Crippen LogP contribution in [0.3, 0.4) is 0 Å². The maximum atomic E-state index is 11.5. The van der Waals surface area contributed by atoms with Crippen LogP contribution in [-0.4, -0.2) is 18.4 Å². The van der Waals surface area contributed by atoms with Crippen LogP contribution in [0.4, 0.5) is 0 Å². The van der Waals surface area contributed by atoms with Gasteiger partial charge in [0.2, 0.25) is 5.44 Å². The van der Waals surface area contributed by atoms with E-state index in [1.54, 1.807) is 0 Å². The lowest BCUT2D eigenvalue weighted by atomic mass is 10.0. The first kappa shape index (κ1) is 22.0. The fourth-order valence-electron chi connectivity index (χ4n) is 2.90. The molecule has 1 atom stereocenters. The molecule has 0 amide bonds. The van der Waals surface area contributed by atoms with Gasteiger partial charge in [0.15, 0.2) is 0 Å². The lowest BCUT2D eigenvalue weighted by molar-refractivity contribution is 0.245. The molecule has 25 heavy (non-hydrogen) atoms. The smallest absolute Gasteiger partial charge is 0.303 e. The predicted octanol–water partition coefficient (Wildman–Crippen LogP) is 5.54. The lowest BCUT2D eigenvalue weighted by Crippen LogP contribution is -2.26. The zero-order chi connectivity index (χ0) is 18.7. The van der Waals surface area contributed by atoms with E-state index in [2.05, 4.69) is 19.9 Å². The summed E-state index contributed by atoms with van der Waals surface area (Å²) in [4.78, 5) is 0. The van der Waals surface area contributed by atoms with Gasteiger partial charge in [-0.15, -0.1) is 0 Å². The van der Waals surface area contributed by atoms with Gasteiger partial charge in [0.05, 0.1) is 0 Å². The van der Waals surface area contributed by atoms with Gasteiger partial charge < -0.3 is 4.74 Å². The molecule has 0 spiro atoms. The summed E-state index contributed by atoms with van der Waals surface area (Å²) < 4.78 is 38.2. The molecule has 1 rings (SSSR count). The third-order valence-electron chi connectivity index (χ3n) is 4.29. The molecule has 1 aromatic rings. The fourth-order valence-corrected chi connectivity index (χ4v) is 3.67. The minimum absolute atomic E-state index is 0.282. The van der Waals surface area contributed by atoms with Crippen LogP contribution in [0.1, 0.15) is 83.3 Å². The summed E-state index contributed by atoms with van der Waals surface area (Å²) in [6, 6.07) is 6.06. The second-order valence-corrected chi connectivity index (χ2v) is 8.31. The molecule has 0 bridgehead atoms. The maximum absolute atomic E-state index is 11.5. The number of ether oxygens (including phenoxy) is 1. The molecular weight excluding hydrogens is 336 g/mol. The van der Waals surface area contributed by atoms with E-state index >= 15 is 0 Å². The van der Waals surface area contributed by atoms with Gasteiger partial charge in [-0.1, -0.05) is 58.9 Å². The monoisotopic (exact) mass is 370 g/mol. The molecule has 0 aromatic heterocycles. The van der Waals surface area contributed by atoms with Crippen LogP contribution >= 0.6 is 0 Å². The SMILES string of the molecule is CCCCCc1cc(CCCCC)cc(OC(CCC)S(=O)(=O)O)c1. The molecular formula is C20H34O4S. The normalized spacial score (nSPS) is 13.0. The van der Waals surface area contributed by atoms with E-state index in [0.29, 0.717) is 12.2 Å². The van der Waals surface area contributed by atoms with Crippen molar-refractivity contribution in [2.24, 2.45) is 0 Å². The predicted molar refractivity (Wildman–Crippen MR) is 104 cm³/mol. The first-order valence-electron chi connectivity index (χ1n) is 9.66. The highest BCUT2D eigenvalue weighted by atomic mass is 32.2. The number of hydrogen-bond donors (Lipinski definition) is 1. The second kappa shape index (κ2) is 11.5. The minimum atomic E-state index is -4.21. The number of rotatable bonds is 13. The first-order chi connectivity index (χ1) is 11.9. The van der Waals surface area contributed by atoms with Crippen molar-refractivity contribution in [1.29, 1.82) is 0 Å². The fraction of sp³-hybridized carbons (Fsp3) is 0.700. The Hall–Kier alpha value is -1.07. The summed E-state index contributed by atoms with van der Waals surface area (Å²) in [5.41, 5.74) is 1.18. The Balaban J connectivity index is 2.96. The Labute approximate surface area is 153 Å². The van der Waals surface area contributed by atoms with E-state index in [4.69, 9.17) is 4.74 Å². The number of unbranched alkanes of at least 4 members (excludes halogenated alkanes) is 4. The van der Waals surface area contributed by atoms with E-state index in [1.165, 1.54) is 36.8 Å². The summed E-state index contributed by atoms with van der Waals surface area (Å²) in [5, 5.41) is 0. The Morgan fingerprint density at radius 2 is 1.40 bits per heavy atom. The zero-order valence-corrected chi connectivity index (χ0v) is 16.8. The standard InChI is InChI=1S/C20H34O4S/c1-4-7-9-12-17-14-18(13-10-8-5-2)16-19(15-17)24-20(11-6-3)25(21,22)23/h14-16,20H,4-13H2,1-3H3,(H,21,22,23). The Kier molecular flexibility index (Phi) is 10.1. The van der Waals surface area contributed by atoms with Crippen molar-refractivity contribution in [2.75, 3.05) is 0 Å². The molecule has 0 saturated heterocycles. The quantitative estimate of drug-likeness (QED) is 0.365. The van der Waals surface area contributed by atoms with E-state index in [-0.39, 0.29) is 6.42 Å². The first-order valence-corrected chi connectivity index (χ1v) is 11.2. The molecule has 4 nitrogen and oxygen atoms in total. The summed E-state index contributed by atoms with van der Waals surface area (Å²) in [6.45, 7) is 6.23. The number of hydrogen-bond acceptors (Lipinski definition) is 3. The third kappa shape index (κ3) is 8.73. The molecule has 144 valence electrons. The molecule has 0 saturated carbocycles. The molecule has 0 radical (unpaired) electrons. The average Bonchev–Trinajstić information content (AvgIpc) is 2.54. The molecule has 0 heterocycles. The van der Waals surface area contributed by atoms with E-state index in [9.17, 15) is 13.0 Å². The van der Waals surface area contributed by atoms with Gasteiger partial charge in [0, 0.05) is 6.42 Å². The number of benzene rings is 1. The van der Waals surface area contributed by atoms with Gasteiger partial charge in [-0.2, -0.15) is 8.42 Å². The third-order valence-corrected chi connectivity index (χ3v) is 5.28. The Morgan fingerprint density at radius 3 is 1.80 bits per heavy atom. The Morgan fingerprint density at radius 1 is 0.880 bits per heavy atom. The molecule has 1 unspecified atom stereocenters. The lowest BCUT2D eigenvalue weighted by Gasteiger charge is -2.17. The van der Waals surface area contributed by atoms with E-state index in [1.807, 2.05) is 19.1 Å². The van der Waals surface area contributed by atoms with E-state index in [0.717, 1.165) is 25.7 Å². The van der Waals surface area contributed by atoms with Crippen molar-refractivity contribution in [3.63, 3.8) is 0 Å². The summed E-state index contributed by atoms with van der Waals surface area (Å²) in [6.07, 6.45) is 9.78. The van der Waals surface area contributed by atoms with Crippen LogP contribution in [0, 0.1) is 0 Å². The van der Waals surface area contributed by atoms with Gasteiger partial charge in [-0.25, -0.2) is 0 Å². The van der Waals surface area contributed by atoms with Gasteiger partial charge >= 0.3 is 10.1 Å². The highest BCUT2D eigenvalue weighted by Crippen LogP contribution is 2.24. The van der Waals surface area contributed by atoms with Crippen LogP contribution in [0.2, 0.25) is 0 Å². The molecule has 0 aliphatic rings. The van der Waals surface area contributed by atoms with Crippen molar-refractivity contribution < 1.29 is 17.7 Å². The van der Waals surface area contributed by atoms with Crippen LogP contribution < -0.4 is 4.74 Å². The number of aryl methyl sites for hydroxylation is 2. The molecule has 0 fully saturated rings. The van der Waals surface area contributed by atoms with Crippen molar-refractivity contribution in [2.45, 2.75) is 90.4 Å². The van der Waals surface area contributed by atoms with Crippen molar-refractivity contribution in [3.8, 4) is 5.75 Å². The van der Waals surface area contributed by atoms with Crippen LogP contribution in [0.25, 0.3) is 0 Å². The molecule has 0 aliphatic heterocycles. The second-order valence-electron chi connectivity index (χ2n) is 6.75. The summed E-state index contributed by atoms with van der Waals surface area (Å²) in [5.74, 6) is 0.552. The largest absolute Gasteiger partial charge is 0.472 e. The Bertz CT molecular complexity index is 567. The summed E-state index contributed by atoms with van der Waals surface area (Å²) >= 11 is 0. The van der Waals surface area contributed by atoms with Crippen molar-refractivity contribution >= 4 is 10.1 Å². The van der Waals surface area contributed by atoms with Crippen LogP contribution in [0.5, 0.6) is 5.75 Å². The van der Waals surface area contributed by atoms with Gasteiger partial charge in [0.25, 0.3) is 0 Å². The molecule has 1 N–H and O–H groups in total. The van der Waals surface area contributed by atoms with E-state index < -0.39 is 15.6 Å². The van der Waals surface area contributed by atoms with Gasteiger partial charge in [-0.05, 0) is 48.9 Å². The van der Waals surface area contributed by atoms with Crippen molar-refractivity contribution in [3.05, 3.63) is 29.3 Å². The average molecular weight is 371 g/mol.